The molecule has 176 valence electrons. The van der Waals surface area contributed by atoms with Crippen molar-refractivity contribution < 1.29 is 19.4 Å². The maximum absolute atomic E-state index is 12.5. The van der Waals surface area contributed by atoms with Gasteiger partial charge in [0, 0.05) is 29.6 Å². The van der Waals surface area contributed by atoms with Gasteiger partial charge in [0.25, 0.3) is 5.91 Å². The number of amides is 1. The van der Waals surface area contributed by atoms with Crippen LogP contribution < -0.4 is 10.2 Å². The van der Waals surface area contributed by atoms with Gasteiger partial charge in [-0.3, -0.25) is 9.78 Å². The van der Waals surface area contributed by atoms with Gasteiger partial charge in [-0.2, -0.15) is 5.10 Å². The summed E-state index contributed by atoms with van der Waals surface area (Å²) in [7, 11) is 0. The number of hydrogen-bond acceptors (Lipinski definition) is 6. The highest BCUT2D eigenvalue weighted by Crippen LogP contribution is 2.23. The molecule has 0 aliphatic carbocycles. The first-order valence-electron chi connectivity index (χ1n) is 11.4. The molecule has 0 fully saturated rings. The van der Waals surface area contributed by atoms with Crippen LogP contribution in [0.2, 0.25) is 0 Å². The minimum atomic E-state index is -0.500. The summed E-state index contributed by atoms with van der Waals surface area (Å²) in [4.78, 5) is 28.3. The van der Waals surface area contributed by atoms with Gasteiger partial charge in [0.05, 0.1) is 11.8 Å². The number of carbonyl (C=O) groups excluding carboxylic acids is 2. The van der Waals surface area contributed by atoms with Crippen LogP contribution in [-0.4, -0.2) is 28.2 Å². The Morgan fingerprint density at radius 1 is 0.971 bits per heavy atom. The highest BCUT2D eigenvalue weighted by atomic mass is 16.5. The zero-order valence-electron chi connectivity index (χ0n) is 19.2. The normalized spacial score (nSPS) is 10.9. The lowest BCUT2D eigenvalue weighted by atomic mass is 10.0. The molecule has 1 amide bonds. The van der Waals surface area contributed by atoms with Gasteiger partial charge >= 0.3 is 5.97 Å². The van der Waals surface area contributed by atoms with Gasteiger partial charge in [-0.15, -0.1) is 0 Å². The van der Waals surface area contributed by atoms with Gasteiger partial charge in [0.1, 0.15) is 11.5 Å². The maximum atomic E-state index is 12.5. The summed E-state index contributed by atoms with van der Waals surface area (Å²) in [5.74, 6) is -0.822. The molecule has 2 N–H and O–H groups in total. The van der Waals surface area contributed by atoms with Crippen molar-refractivity contribution >= 4 is 18.1 Å². The van der Waals surface area contributed by atoms with E-state index in [1.807, 2.05) is 12.1 Å². The second kappa shape index (κ2) is 12.9. The molecule has 7 nitrogen and oxygen atoms in total. The summed E-state index contributed by atoms with van der Waals surface area (Å²) in [5.41, 5.74) is 4.79. The van der Waals surface area contributed by atoms with Gasteiger partial charge in [-0.05, 0) is 54.8 Å². The quantitative estimate of drug-likeness (QED) is 0.134. The van der Waals surface area contributed by atoms with E-state index >= 15 is 0 Å². The molecule has 0 spiro atoms. The molecule has 0 atom stereocenters. The Kier molecular flexibility index (Phi) is 9.34. The Balaban J connectivity index is 1.51. The first-order chi connectivity index (χ1) is 16.6. The Morgan fingerprint density at radius 3 is 2.41 bits per heavy atom. The van der Waals surface area contributed by atoms with Crippen LogP contribution in [0.4, 0.5) is 0 Å². The van der Waals surface area contributed by atoms with E-state index in [0.717, 1.165) is 12.8 Å². The number of hydrogen-bond donors (Lipinski definition) is 2. The first kappa shape index (κ1) is 24.6. The highest BCUT2D eigenvalue weighted by Gasteiger charge is 2.10. The number of hydrazone groups is 1. The van der Waals surface area contributed by atoms with Crippen LogP contribution in [0.3, 0.4) is 0 Å². The van der Waals surface area contributed by atoms with E-state index in [1.165, 1.54) is 55.9 Å². The second-order valence-electron chi connectivity index (χ2n) is 7.91. The molecule has 34 heavy (non-hydrogen) atoms. The minimum Gasteiger partial charge on any atom is -0.507 e. The number of ether oxygens (including phenoxy) is 1. The molecule has 1 aromatic heterocycles. The minimum absolute atomic E-state index is 0.134. The van der Waals surface area contributed by atoms with E-state index < -0.39 is 11.9 Å². The lowest BCUT2D eigenvalue weighted by Gasteiger charge is -2.07. The van der Waals surface area contributed by atoms with Gasteiger partial charge in [0.15, 0.2) is 0 Å². The summed E-state index contributed by atoms with van der Waals surface area (Å²) in [6.45, 7) is 2.20. The van der Waals surface area contributed by atoms with Gasteiger partial charge in [-0.25, -0.2) is 10.2 Å². The van der Waals surface area contributed by atoms with Crippen molar-refractivity contribution in [1.29, 1.82) is 0 Å². The predicted molar refractivity (Wildman–Crippen MR) is 131 cm³/mol. The van der Waals surface area contributed by atoms with Crippen molar-refractivity contribution in [1.82, 2.24) is 10.4 Å². The largest absolute Gasteiger partial charge is 0.507 e. The number of aromatic hydroxyl groups is 1. The van der Waals surface area contributed by atoms with Crippen LogP contribution in [0.1, 0.15) is 70.9 Å². The zero-order valence-corrected chi connectivity index (χ0v) is 19.2. The van der Waals surface area contributed by atoms with Gasteiger partial charge in [-0.1, -0.05) is 44.7 Å². The lowest BCUT2D eigenvalue weighted by molar-refractivity contribution is 0.0734. The fourth-order valence-electron chi connectivity index (χ4n) is 3.33. The van der Waals surface area contributed by atoms with Crippen LogP contribution in [0.25, 0.3) is 0 Å². The highest BCUT2D eigenvalue weighted by molar-refractivity contribution is 5.95. The van der Waals surface area contributed by atoms with Gasteiger partial charge < -0.3 is 9.84 Å². The van der Waals surface area contributed by atoms with Gasteiger partial charge in [0.2, 0.25) is 0 Å². The van der Waals surface area contributed by atoms with Crippen LogP contribution >= 0.6 is 0 Å². The third-order valence-electron chi connectivity index (χ3n) is 5.28. The number of esters is 1. The molecule has 1 heterocycles. The molecule has 0 saturated carbocycles. The molecule has 3 aromatic rings. The Bertz CT molecular complexity index is 1110. The van der Waals surface area contributed by atoms with Crippen molar-refractivity contribution in [2.75, 3.05) is 0 Å². The van der Waals surface area contributed by atoms with Crippen molar-refractivity contribution in [3.05, 3.63) is 89.2 Å². The zero-order chi connectivity index (χ0) is 24.2. The number of phenols is 1. The number of unbranched alkanes of at least 4 members (excludes halogenated alkanes) is 4. The molecular weight excluding hydrogens is 430 g/mol. The van der Waals surface area contributed by atoms with E-state index in [-0.39, 0.29) is 11.5 Å². The number of pyridine rings is 1. The van der Waals surface area contributed by atoms with Crippen LogP contribution in [0, 0.1) is 0 Å². The van der Waals surface area contributed by atoms with E-state index in [0.29, 0.717) is 16.7 Å². The van der Waals surface area contributed by atoms with Crippen molar-refractivity contribution in [3.8, 4) is 11.5 Å². The Morgan fingerprint density at radius 2 is 1.71 bits per heavy atom. The van der Waals surface area contributed by atoms with Crippen LogP contribution in [-0.2, 0) is 6.42 Å². The molecule has 0 saturated heterocycles. The molecule has 0 bridgehead atoms. The second-order valence-corrected chi connectivity index (χ2v) is 7.91. The number of aromatic nitrogens is 1. The molecule has 7 heteroatoms. The average Bonchev–Trinajstić information content (AvgIpc) is 2.86. The van der Waals surface area contributed by atoms with Crippen molar-refractivity contribution in [3.63, 3.8) is 0 Å². The van der Waals surface area contributed by atoms with E-state index in [2.05, 4.69) is 22.4 Å². The lowest BCUT2D eigenvalue weighted by Crippen LogP contribution is -2.17. The summed E-state index contributed by atoms with van der Waals surface area (Å²) < 4.78 is 5.38. The molecule has 0 radical (unpaired) electrons. The van der Waals surface area contributed by atoms with E-state index in [1.54, 1.807) is 36.4 Å². The molecular formula is C27H29N3O4. The third-order valence-corrected chi connectivity index (χ3v) is 5.28. The summed E-state index contributed by atoms with van der Waals surface area (Å²) >= 11 is 0. The molecule has 3 rings (SSSR count). The van der Waals surface area contributed by atoms with Crippen molar-refractivity contribution in [2.24, 2.45) is 5.10 Å². The maximum Gasteiger partial charge on any atom is 0.343 e. The number of nitrogens with one attached hydrogen (secondary N) is 1. The van der Waals surface area contributed by atoms with E-state index in [9.17, 15) is 14.7 Å². The molecule has 2 aromatic carbocycles. The predicted octanol–water partition coefficient (Wildman–Crippen LogP) is 5.28. The summed E-state index contributed by atoms with van der Waals surface area (Å²) in [6, 6.07) is 15.0. The molecule has 0 unspecified atom stereocenters. The first-order valence-corrected chi connectivity index (χ1v) is 11.4. The van der Waals surface area contributed by atoms with E-state index in [4.69, 9.17) is 4.74 Å². The Hall–Kier alpha value is -4.00. The smallest absolute Gasteiger partial charge is 0.343 e. The monoisotopic (exact) mass is 459 g/mol. The number of aryl methyl sites for hydroxylation is 1. The number of phenolic OH excluding ortho intramolecular Hbond substituents is 1. The number of benzene rings is 2. The fraction of sp³-hybridized carbons (Fsp3) is 0.259. The van der Waals surface area contributed by atoms with Crippen LogP contribution in [0.5, 0.6) is 11.5 Å². The third kappa shape index (κ3) is 7.55. The Labute approximate surface area is 199 Å². The SMILES string of the molecule is CCCCCCCc1ccc(C(=O)Oc2ccc(C=NNC(=O)c3ccncc3)c(O)c2)cc1. The summed E-state index contributed by atoms with van der Waals surface area (Å²) in [5, 5.41) is 14.1. The van der Waals surface area contributed by atoms with Crippen molar-refractivity contribution in [2.45, 2.75) is 45.4 Å². The standard InChI is InChI=1S/C27H29N3O4/c1-2-3-4-5-6-7-20-8-10-22(11-9-20)27(33)34-24-13-12-23(25(31)18-24)19-29-30-26(32)21-14-16-28-17-15-21/h8-19,31H,2-7H2,1H3,(H,30,32). The average molecular weight is 460 g/mol. The summed E-state index contributed by atoms with van der Waals surface area (Å²) in [6.07, 6.45) is 11.5. The van der Waals surface area contributed by atoms with Crippen LogP contribution in [0.15, 0.2) is 72.1 Å². The topological polar surface area (TPSA) is 101 Å². The number of carbonyl (C=O) groups is 2. The number of nitrogens with zero attached hydrogens (tertiary/aromatic N) is 2. The molecule has 0 aliphatic heterocycles. The number of rotatable bonds is 11. The fourth-order valence-corrected chi connectivity index (χ4v) is 3.33. The molecule has 0 aliphatic rings.